The van der Waals surface area contributed by atoms with Crippen molar-refractivity contribution in [3.8, 4) is 0 Å². The van der Waals surface area contributed by atoms with E-state index in [9.17, 15) is 24.0 Å². The van der Waals surface area contributed by atoms with Gasteiger partial charge in [-0.2, -0.15) is 0 Å². The van der Waals surface area contributed by atoms with Crippen molar-refractivity contribution in [2.75, 3.05) is 6.61 Å². The quantitative estimate of drug-likeness (QED) is 0.232. The molecule has 2 heterocycles. The number of nitrogens with one attached hydrogen (secondary N) is 1. The molecule has 218 valence electrons. The summed E-state index contributed by atoms with van der Waals surface area (Å²) in [6.45, 7) is 3.16. The third kappa shape index (κ3) is 6.52. The van der Waals surface area contributed by atoms with Crippen LogP contribution in [0.2, 0.25) is 0 Å². The Hall–Kier alpha value is -5.55. The van der Waals surface area contributed by atoms with E-state index in [1.54, 1.807) is 66.7 Å². The van der Waals surface area contributed by atoms with E-state index in [2.05, 4.69) is 11.6 Å². The minimum Gasteiger partial charge on any atom is -0.459 e. The van der Waals surface area contributed by atoms with E-state index in [-0.39, 0.29) is 22.3 Å². The number of hydrogen-bond donors (Lipinski definition) is 1. The van der Waals surface area contributed by atoms with Crippen LogP contribution in [-0.2, 0) is 18.9 Å². The fourth-order valence-electron chi connectivity index (χ4n) is 4.52. The second-order valence-corrected chi connectivity index (χ2v) is 9.46. The maximum atomic E-state index is 13.2. The van der Waals surface area contributed by atoms with Gasteiger partial charge in [0.1, 0.15) is 12.7 Å². The number of benzene rings is 3. The number of rotatable bonds is 9. The first kappa shape index (κ1) is 29.0. The number of carbonyl (C=O) groups excluding carboxylic acids is 3. The van der Waals surface area contributed by atoms with Crippen LogP contribution < -0.4 is 11.2 Å². The van der Waals surface area contributed by atoms with E-state index >= 15 is 0 Å². The first-order valence-corrected chi connectivity index (χ1v) is 13.2. The molecule has 3 aromatic carbocycles. The highest BCUT2D eigenvalue weighted by Crippen LogP contribution is 2.35. The molecule has 0 bridgehead atoms. The van der Waals surface area contributed by atoms with Crippen molar-refractivity contribution in [3.63, 3.8) is 0 Å². The van der Waals surface area contributed by atoms with Crippen LogP contribution in [0.5, 0.6) is 0 Å². The summed E-state index contributed by atoms with van der Waals surface area (Å²) in [5, 5.41) is 0. The molecule has 1 aromatic heterocycles. The predicted octanol–water partition coefficient (Wildman–Crippen LogP) is 3.39. The summed E-state index contributed by atoms with van der Waals surface area (Å²) in [4.78, 5) is 66.6. The van der Waals surface area contributed by atoms with Crippen molar-refractivity contribution in [3.05, 3.63) is 147 Å². The molecule has 0 spiro atoms. The van der Waals surface area contributed by atoms with Crippen molar-refractivity contribution in [2.24, 2.45) is 0 Å². The van der Waals surface area contributed by atoms with E-state index in [4.69, 9.17) is 18.9 Å². The molecular formula is C32H26N2O9. The Morgan fingerprint density at radius 3 is 1.77 bits per heavy atom. The summed E-state index contributed by atoms with van der Waals surface area (Å²) in [5.74, 6) is -2.23. The van der Waals surface area contributed by atoms with Gasteiger partial charge >= 0.3 is 23.6 Å². The van der Waals surface area contributed by atoms with Crippen LogP contribution in [0.4, 0.5) is 0 Å². The van der Waals surface area contributed by atoms with Crippen LogP contribution in [-0.4, -0.2) is 52.4 Å². The van der Waals surface area contributed by atoms with Crippen LogP contribution in [0, 0.1) is 0 Å². The molecule has 5 rings (SSSR count). The van der Waals surface area contributed by atoms with Crippen LogP contribution in [0.25, 0.3) is 6.08 Å². The molecule has 4 atom stereocenters. The molecule has 1 aliphatic heterocycles. The van der Waals surface area contributed by atoms with Gasteiger partial charge in [-0.05, 0) is 36.4 Å². The van der Waals surface area contributed by atoms with Gasteiger partial charge in [0.15, 0.2) is 18.4 Å². The minimum atomic E-state index is -1.41. The van der Waals surface area contributed by atoms with Crippen molar-refractivity contribution in [1.82, 2.24) is 9.55 Å². The van der Waals surface area contributed by atoms with E-state index in [0.717, 1.165) is 4.57 Å². The fourth-order valence-corrected chi connectivity index (χ4v) is 4.52. The maximum absolute atomic E-state index is 13.2. The van der Waals surface area contributed by atoms with Gasteiger partial charge in [-0.25, -0.2) is 19.2 Å². The van der Waals surface area contributed by atoms with Gasteiger partial charge in [-0.1, -0.05) is 67.3 Å². The third-order valence-electron chi connectivity index (χ3n) is 6.67. The van der Waals surface area contributed by atoms with Crippen LogP contribution in [0.1, 0.15) is 42.9 Å². The maximum Gasteiger partial charge on any atom is 0.338 e. The number of aromatic nitrogens is 2. The number of carbonyl (C=O) groups is 3. The Kier molecular flexibility index (Phi) is 8.73. The van der Waals surface area contributed by atoms with Gasteiger partial charge in [-0.15, -0.1) is 0 Å². The molecule has 1 saturated heterocycles. The highest BCUT2D eigenvalue weighted by atomic mass is 16.7. The SMILES string of the molecule is C=Cc1cn([C@@H]2O[C@H](COC(=O)c3ccccc3)[C@@H](OC(=O)c3ccccc3)[C@@H]2OC(=O)c2ccccc2)c(=O)[nH]c1=O. The van der Waals surface area contributed by atoms with E-state index in [1.165, 1.54) is 36.5 Å². The molecule has 0 amide bonds. The monoisotopic (exact) mass is 582 g/mol. The van der Waals surface area contributed by atoms with E-state index in [0.29, 0.717) is 0 Å². The van der Waals surface area contributed by atoms with Crippen molar-refractivity contribution in [2.45, 2.75) is 24.5 Å². The summed E-state index contributed by atoms with van der Waals surface area (Å²) < 4.78 is 24.3. The van der Waals surface area contributed by atoms with E-state index in [1.807, 2.05) is 0 Å². The average molecular weight is 583 g/mol. The largest absolute Gasteiger partial charge is 0.459 e. The van der Waals surface area contributed by atoms with E-state index < -0.39 is 60.3 Å². The number of ether oxygens (including phenoxy) is 4. The Morgan fingerprint density at radius 2 is 1.26 bits per heavy atom. The molecule has 11 heteroatoms. The number of hydrogen-bond acceptors (Lipinski definition) is 9. The molecule has 11 nitrogen and oxygen atoms in total. The zero-order valence-corrected chi connectivity index (χ0v) is 22.7. The topological polar surface area (TPSA) is 143 Å². The van der Waals surface area contributed by atoms with Crippen molar-refractivity contribution < 1.29 is 33.3 Å². The van der Waals surface area contributed by atoms with Gasteiger partial charge in [0, 0.05) is 6.20 Å². The highest BCUT2D eigenvalue weighted by molar-refractivity contribution is 5.91. The molecule has 1 aliphatic rings. The fraction of sp³-hybridized carbons (Fsp3) is 0.156. The molecule has 0 radical (unpaired) electrons. The number of aromatic amines is 1. The summed E-state index contributed by atoms with van der Waals surface area (Å²) in [5.41, 5.74) is -0.866. The lowest BCUT2D eigenvalue weighted by atomic mass is 10.1. The third-order valence-corrected chi connectivity index (χ3v) is 6.67. The standard InChI is InChI=1S/C32H26N2O9/c1-2-20-18-34(32(39)33-27(20)35)28-26(43-31(38)23-16-10-5-11-17-23)25(42-30(37)22-14-8-4-9-15-22)24(41-28)19-40-29(36)21-12-6-3-7-13-21/h2-18,24-26,28H,1,19H2,(H,33,35,39)/t24-,25-,26+,28-/m1/s1. The normalized spacial score (nSPS) is 19.3. The molecule has 0 aliphatic carbocycles. The molecule has 1 N–H and O–H groups in total. The molecule has 0 saturated carbocycles. The lowest BCUT2D eigenvalue weighted by Gasteiger charge is -2.25. The Balaban J connectivity index is 1.53. The zero-order chi connectivity index (χ0) is 30.3. The van der Waals surface area contributed by atoms with Crippen molar-refractivity contribution >= 4 is 24.0 Å². The molecule has 0 unspecified atom stereocenters. The van der Waals surface area contributed by atoms with Crippen molar-refractivity contribution in [1.29, 1.82) is 0 Å². The van der Waals surface area contributed by atoms with Gasteiger partial charge in [-0.3, -0.25) is 14.3 Å². The van der Waals surface area contributed by atoms with Gasteiger partial charge in [0.05, 0.1) is 22.3 Å². The smallest absolute Gasteiger partial charge is 0.338 e. The summed E-state index contributed by atoms with van der Waals surface area (Å²) in [6, 6.07) is 24.3. The second-order valence-electron chi connectivity index (χ2n) is 9.46. The minimum absolute atomic E-state index is 0.0353. The summed E-state index contributed by atoms with van der Waals surface area (Å²) in [7, 11) is 0. The summed E-state index contributed by atoms with van der Waals surface area (Å²) in [6.07, 6.45) is -2.92. The van der Waals surface area contributed by atoms with Gasteiger partial charge in [0.25, 0.3) is 5.56 Å². The molecule has 4 aromatic rings. The van der Waals surface area contributed by atoms with Crippen LogP contribution >= 0.6 is 0 Å². The van der Waals surface area contributed by atoms with Crippen LogP contribution in [0.15, 0.2) is 113 Å². The number of nitrogens with zero attached hydrogens (tertiary/aromatic N) is 1. The number of H-pyrrole nitrogens is 1. The first-order valence-electron chi connectivity index (χ1n) is 13.2. The highest BCUT2D eigenvalue weighted by Gasteiger charge is 2.51. The second kappa shape index (κ2) is 13.0. The number of esters is 3. The molecular weight excluding hydrogens is 556 g/mol. The Morgan fingerprint density at radius 1 is 0.767 bits per heavy atom. The van der Waals surface area contributed by atoms with Gasteiger partial charge in [0.2, 0.25) is 0 Å². The average Bonchev–Trinajstić information content (AvgIpc) is 3.36. The zero-order valence-electron chi connectivity index (χ0n) is 22.7. The summed E-state index contributed by atoms with van der Waals surface area (Å²) >= 11 is 0. The Labute approximate surface area is 244 Å². The lowest BCUT2D eigenvalue weighted by molar-refractivity contribution is -0.0640. The van der Waals surface area contributed by atoms with Gasteiger partial charge < -0.3 is 18.9 Å². The first-order chi connectivity index (χ1) is 20.9. The molecule has 1 fully saturated rings. The lowest BCUT2D eigenvalue weighted by Crippen LogP contribution is -2.43. The molecule has 43 heavy (non-hydrogen) atoms. The predicted molar refractivity (Wildman–Crippen MR) is 153 cm³/mol. The Bertz CT molecular complexity index is 1730. The van der Waals surface area contributed by atoms with Crippen LogP contribution in [0.3, 0.4) is 0 Å².